The molecule has 0 heterocycles. The average molecular weight is 140 g/mol. The summed E-state index contributed by atoms with van der Waals surface area (Å²) >= 11 is 0. The van der Waals surface area contributed by atoms with Gasteiger partial charge >= 0.3 is 0 Å². The van der Waals surface area contributed by atoms with Crippen LogP contribution < -0.4 is 5.73 Å². The molecule has 1 amide bonds. The molecular formula is C8H14NO. The fourth-order valence-electron chi connectivity index (χ4n) is 1.56. The van der Waals surface area contributed by atoms with E-state index in [1.54, 1.807) is 0 Å². The zero-order chi connectivity index (χ0) is 7.61. The van der Waals surface area contributed by atoms with Crippen molar-refractivity contribution in [1.29, 1.82) is 0 Å². The third-order valence-corrected chi connectivity index (χ3v) is 2.51. The van der Waals surface area contributed by atoms with Crippen LogP contribution in [0.3, 0.4) is 0 Å². The first-order chi connectivity index (χ1) is 4.65. The number of rotatable bonds is 1. The molecule has 0 aromatic heterocycles. The molecule has 0 atom stereocenters. The van der Waals surface area contributed by atoms with Crippen molar-refractivity contribution in [1.82, 2.24) is 5.73 Å². The van der Waals surface area contributed by atoms with Gasteiger partial charge in [0.1, 0.15) is 0 Å². The summed E-state index contributed by atoms with van der Waals surface area (Å²) in [6.07, 6.45) is 5.34. The molecule has 10 heavy (non-hydrogen) atoms. The summed E-state index contributed by atoms with van der Waals surface area (Å²) < 4.78 is 0. The molecule has 57 valence electrons. The van der Waals surface area contributed by atoms with Crippen LogP contribution in [0.25, 0.3) is 0 Å². The molecule has 1 saturated carbocycles. The highest BCUT2D eigenvalue weighted by molar-refractivity contribution is 5.79. The van der Waals surface area contributed by atoms with Crippen LogP contribution in [0.5, 0.6) is 0 Å². The quantitative estimate of drug-likeness (QED) is 0.547. The van der Waals surface area contributed by atoms with Crippen molar-refractivity contribution < 1.29 is 4.79 Å². The lowest BCUT2D eigenvalue weighted by Crippen LogP contribution is -2.30. The van der Waals surface area contributed by atoms with Gasteiger partial charge < -0.3 is 0 Å². The smallest absolute Gasteiger partial charge is 0.244 e. The Bertz CT molecular complexity index is 136. The van der Waals surface area contributed by atoms with Gasteiger partial charge in [-0.25, -0.2) is 0 Å². The highest BCUT2D eigenvalue weighted by atomic mass is 16.1. The Morgan fingerprint density at radius 2 is 1.80 bits per heavy atom. The molecule has 1 fully saturated rings. The maximum absolute atomic E-state index is 10.8. The maximum atomic E-state index is 10.8. The lowest BCUT2D eigenvalue weighted by atomic mass is 9.75. The first-order valence-electron chi connectivity index (χ1n) is 3.91. The molecule has 1 rings (SSSR count). The van der Waals surface area contributed by atoms with Crippen LogP contribution in [0.15, 0.2) is 0 Å². The molecule has 1 radical (unpaired) electrons. The SMILES string of the molecule is CC1(C([NH])=O)CCCCC1. The molecule has 0 spiro atoms. The minimum Gasteiger partial charge on any atom is -0.273 e. The number of carbonyl (C=O) groups is 1. The second-order valence-corrected chi connectivity index (χ2v) is 3.45. The molecule has 1 N–H and O–H groups in total. The van der Waals surface area contributed by atoms with Crippen LogP contribution in [-0.2, 0) is 4.79 Å². The Balaban J connectivity index is 2.56. The minimum atomic E-state index is -0.368. The molecule has 0 aliphatic heterocycles. The Morgan fingerprint density at radius 1 is 1.30 bits per heavy atom. The molecule has 0 saturated heterocycles. The Kier molecular flexibility index (Phi) is 1.97. The predicted molar refractivity (Wildman–Crippen MR) is 39.3 cm³/mol. The van der Waals surface area contributed by atoms with Crippen LogP contribution in [0.1, 0.15) is 39.0 Å². The Morgan fingerprint density at radius 3 is 2.10 bits per heavy atom. The number of amides is 1. The van der Waals surface area contributed by atoms with Gasteiger partial charge in [0.25, 0.3) is 0 Å². The maximum Gasteiger partial charge on any atom is 0.244 e. The molecule has 2 nitrogen and oxygen atoms in total. The van der Waals surface area contributed by atoms with Gasteiger partial charge in [0.2, 0.25) is 5.91 Å². The normalized spacial score (nSPS) is 24.1. The van der Waals surface area contributed by atoms with Crippen molar-refractivity contribution in [3.8, 4) is 0 Å². The molecular weight excluding hydrogens is 126 g/mol. The van der Waals surface area contributed by atoms with Gasteiger partial charge in [0.15, 0.2) is 0 Å². The van der Waals surface area contributed by atoms with E-state index in [2.05, 4.69) is 0 Å². The molecule has 0 aromatic rings. The fourth-order valence-corrected chi connectivity index (χ4v) is 1.56. The van der Waals surface area contributed by atoms with Crippen LogP contribution in [-0.4, -0.2) is 5.91 Å². The largest absolute Gasteiger partial charge is 0.273 e. The standard InChI is InChI=1S/C8H14NO/c1-8(7(9)10)5-3-2-4-6-8/h9H,2-6H2,1H3. The monoisotopic (exact) mass is 140 g/mol. The highest BCUT2D eigenvalue weighted by Gasteiger charge is 2.32. The summed E-state index contributed by atoms with van der Waals surface area (Å²) in [4.78, 5) is 10.8. The summed E-state index contributed by atoms with van der Waals surface area (Å²) in [5, 5.41) is 0. The van der Waals surface area contributed by atoms with Gasteiger partial charge in [-0.1, -0.05) is 26.2 Å². The molecule has 2 heteroatoms. The van der Waals surface area contributed by atoms with Crippen LogP contribution in [0, 0.1) is 5.41 Å². The topological polar surface area (TPSA) is 40.9 Å². The van der Waals surface area contributed by atoms with Crippen LogP contribution in [0.4, 0.5) is 0 Å². The highest BCUT2D eigenvalue weighted by Crippen LogP contribution is 2.35. The zero-order valence-electron chi connectivity index (χ0n) is 6.44. The Hall–Kier alpha value is -0.530. The first kappa shape index (κ1) is 7.58. The molecule has 1 aliphatic rings. The van der Waals surface area contributed by atoms with Gasteiger partial charge in [0.05, 0.1) is 0 Å². The van der Waals surface area contributed by atoms with E-state index in [0.717, 1.165) is 25.7 Å². The van der Waals surface area contributed by atoms with E-state index >= 15 is 0 Å². The second kappa shape index (κ2) is 2.60. The molecule has 0 bridgehead atoms. The van der Waals surface area contributed by atoms with Gasteiger partial charge in [0, 0.05) is 5.41 Å². The lowest BCUT2D eigenvalue weighted by Gasteiger charge is -2.29. The van der Waals surface area contributed by atoms with Gasteiger partial charge in [-0.2, -0.15) is 0 Å². The summed E-state index contributed by atoms with van der Waals surface area (Å²) in [6.45, 7) is 1.92. The van der Waals surface area contributed by atoms with E-state index in [-0.39, 0.29) is 11.3 Å². The van der Waals surface area contributed by atoms with Crippen molar-refractivity contribution in [2.45, 2.75) is 39.0 Å². The molecule has 1 aliphatic carbocycles. The fraction of sp³-hybridized carbons (Fsp3) is 0.875. The van der Waals surface area contributed by atoms with Crippen LogP contribution in [0.2, 0.25) is 0 Å². The molecule has 0 unspecified atom stereocenters. The summed E-state index contributed by atoms with van der Waals surface area (Å²) in [5.74, 6) is -0.368. The molecule has 0 aromatic carbocycles. The number of hydrogen-bond acceptors (Lipinski definition) is 1. The van der Waals surface area contributed by atoms with Gasteiger partial charge in [-0.15, -0.1) is 0 Å². The number of nitrogens with one attached hydrogen (secondary N) is 1. The summed E-state index contributed by atoms with van der Waals surface area (Å²) in [7, 11) is 0. The van der Waals surface area contributed by atoms with Crippen molar-refractivity contribution in [2.24, 2.45) is 5.41 Å². The lowest BCUT2D eigenvalue weighted by molar-refractivity contribution is -0.129. The zero-order valence-corrected chi connectivity index (χ0v) is 6.44. The third kappa shape index (κ3) is 1.31. The third-order valence-electron chi connectivity index (χ3n) is 2.51. The van der Waals surface area contributed by atoms with E-state index in [9.17, 15) is 4.79 Å². The van der Waals surface area contributed by atoms with Crippen molar-refractivity contribution in [2.75, 3.05) is 0 Å². The first-order valence-corrected chi connectivity index (χ1v) is 3.91. The summed E-state index contributed by atoms with van der Waals surface area (Å²) in [6, 6.07) is 0. The van der Waals surface area contributed by atoms with Crippen molar-refractivity contribution in [3.63, 3.8) is 0 Å². The van der Waals surface area contributed by atoms with Gasteiger partial charge in [-0.05, 0) is 12.8 Å². The average Bonchev–Trinajstić information content (AvgIpc) is 1.89. The van der Waals surface area contributed by atoms with E-state index in [1.165, 1.54) is 6.42 Å². The number of carbonyl (C=O) groups excluding carboxylic acids is 1. The number of hydrogen-bond donors (Lipinski definition) is 0. The van der Waals surface area contributed by atoms with Crippen molar-refractivity contribution >= 4 is 5.91 Å². The van der Waals surface area contributed by atoms with E-state index in [0.29, 0.717) is 0 Å². The van der Waals surface area contributed by atoms with E-state index in [4.69, 9.17) is 5.73 Å². The Labute approximate surface area is 61.8 Å². The van der Waals surface area contributed by atoms with E-state index in [1.807, 2.05) is 6.92 Å². The van der Waals surface area contributed by atoms with E-state index < -0.39 is 0 Å². The predicted octanol–water partition coefficient (Wildman–Crippen LogP) is 1.77. The summed E-state index contributed by atoms with van der Waals surface area (Å²) in [5.41, 5.74) is 6.74. The minimum absolute atomic E-state index is 0.293. The second-order valence-electron chi connectivity index (χ2n) is 3.45. The van der Waals surface area contributed by atoms with Crippen LogP contribution >= 0.6 is 0 Å². The van der Waals surface area contributed by atoms with Gasteiger partial charge in [-0.3, -0.25) is 10.5 Å². The van der Waals surface area contributed by atoms with Crippen molar-refractivity contribution in [3.05, 3.63) is 0 Å².